The fraction of sp³-hybridized carbons (Fsp3) is 0.571. The van der Waals surface area contributed by atoms with Gasteiger partial charge in [-0.05, 0) is 68.0 Å². The summed E-state index contributed by atoms with van der Waals surface area (Å²) in [5.41, 5.74) is 11.2. The highest BCUT2D eigenvalue weighted by molar-refractivity contribution is 5.42. The van der Waals surface area contributed by atoms with E-state index in [1.165, 1.54) is 0 Å². The number of aliphatic hydroxyl groups is 1. The van der Waals surface area contributed by atoms with E-state index >= 15 is 0 Å². The zero-order chi connectivity index (χ0) is 14.3. The molecular formula is C14H21N3O2. The molecular weight excluding hydrogens is 242 g/mol. The number of ether oxygens (including phenoxy) is 1. The first-order chi connectivity index (χ1) is 9.10. The van der Waals surface area contributed by atoms with Gasteiger partial charge in [0.25, 0.3) is 0 Å². The number of benzene rings is 1. The average molecular weight is 263 g/mol. The lowest BCUT2D eigenvalue weighted by atomic mass is 9.97. The zero-order valence-electron chi connectivity index (χ0n) is 11.8. The van der Waals surface area contributed by atoms with E-state index < -0.39 is 6.10 Å². The second-order valence-corrected chi connectivity index (χ2v) is 4.52. The van der Waals surface area contributed by atoms with Gasteiger partial charge in [-0.15, -0.1) is 0 Å². The lowest BCUT2D eigenvalue weighted by molar-refractivity contribution is 0.164. The van der Waals surface area contributed by atoms with Crippen LogP contribution in [0.5, 0.6) is 5.75 Å². The second-order valence-electron chi connectivity index (χ2n) is 4.52. The van der Waals surface area contributed by atoms with Gasteiger partial charge in [0.2, 0.25) is 0 Å². The van der Waals surface area contributed by atoms with Crippen LogP contribution in [-0.2, 0) is 0 Å². The molecule has 1 rings (SSSR count). The topological polar surface area (TPSA) is 78.2 Å². The Balaban J connectivity index is 2.76. The highest BCUT2D eigenvalue weighted by atomic mass is 16.5. The van der Waals surface area contributed by atoms with Crippen LogP contribution in [0, 0.1) is 13.8 Å². The predicted octanol–water partition coefficient (Wildman–Crippen LogP) is 3.83. The molecule has 1 aromatic carbocycles. The van der Waals surface area contributed by atoms with Gasteiger partial charge in [-0.2, -0.15) is 0 Å². The maximum atomic E-state index is 10.2. The van der Waals surface area contributed by atoms with Crippen molar-refractivity contribution < 1.29 is 9.84 Å². The lowest BCUT2D eigenvalue weighted by Gasteiger charge is -2.16. The minimum atomic E-state index is -0.525. The summed E-state index contributed by atoms with van der Waals surface area (Å²) < 4.78 is 5.53. The van der Waals surface area contributed by atoms with Gasteiger partial charge < -0.3 is 9.84 Å². The third-order valence-corrected chi connectivity index (χ3v) is 3.02. The molecule has 0 fully saturated rings. The molecule has 104 valence electrons. The number of azide groups is 1. The summed E-state index contributed by atoms with van der Waals surface area (Å²) in [5.74, 6) is 0.866. The highest BCUT2D eigenvalue weighted by Gasteiger charge is 2.12. The minimum Gasteiger partial charge on any atom is -0.494 e. The number of nitrogens with zero attached hydrogens (tertiary/aromatic N) is 3. The molecule has 1 unspecified atom stereocenters. The SMILES string of the molecule is CCOc1cc(C)c(C(O)CCCN=[N+]=[N-])cc1C. The molecule has 0 saturated carbocycles. The van der Waals surface area contributed by atoms with Crippen LogP contribution in [0.25, 0.3) is 10.4 Å². The molecule has 1 atom stereocenters. The first-order valence-electron chi connectivity index (χ1n) is 6.53. The molecule has 19 heavy (non-hydrogen) atoms. The molecule has 0 radical (unpaired) electrons. The van der Waals surface area contributed by atoms with Crippen molar-refractivity contribution >= 4 is 0 Å². The lowest BCUT2D eigenvalue weighted by Crippen LogP contribution is -2.03. The summed E-state index contributed by atoms with van der Waals surface area (Å²) in [6, 6.07) is 3.93. The molecule has 0 saturated heterocycles. The molecule has 0 bridgehead atoms. The maximum absolute atomic E-state index is 10.2. The quantitative estimate of drug-likeness (QED) is 0.351. The Labute approximate surface area is 113 Å². The van der Waals surface area contributed by atoms with Gasteiger partial charge in [-0.3, -0.25) is 0 Å². The van der Waals surface area contributed by atoms with Crippen LogP contribution >= 0.6 is 0 Å². The molecule has 1 N–H and O–H groups in total. The van der Waals surface area contributed by atoms with Crippen molar-refractivity contribution in [1.29, 1.82) is 0 Å². The monoisotopic (exact) mass is 263 g/mol. The van der Waals surface area contributed by atoms with Crippen LogP contribution in [0.1, 0.15) is 42.6 Å². The summed E-state index contributed by atoms with van der Waals surface area (Å²) in [4.78, 5) is 2.70. The third-order valence-electron chi connectivity index (χ3n) is 3.02. The van der Waals surface area contributed by atoms with Crippen molar-refractivity contribution in [2.75, 3.05) is 13.2 Å². The first kappa shape index (κ1) is 15.3. The molecule has 0 spiro atoms. The van der Waals surface area contributed by atoms with E-state index in [1.807, 2.05) is 32.9 Å². The highest BCUT2D eigenvalue weighted by Crippen LogP contribution is 2.28. The average Bonchev–Trinajstić information content (AvgIpc) is 2.38. The smallest absolute Gasteiger partial charge is 0.122 e. The van der Waals surface area contributed by atoms with E-state index in [-0.39, 0.29) is 0 Å². The van der Waals surface area contributed by atoms with Crippen molar-refractivity contribution in [2.24, 2.45) is 5.11 Å². The molecule has 0 heterocycles. The van der Waals surface area contributed by atoms with Gasteiger partial charge >= 0.3 is 0 Å². The molecule has 0 aliphatic carbocycles. The summed E-state index contributed by atoms with van der Waals surface area (Å²) in [5, 5.41) is 13.6. The van der Waals surface area contributed by atoms with E-state index in [4.69, 9.17) is 10.3 Å². The predicted molar refractivity (Wildman–Crippen MR) is 75.3 cm³/mol. The molecule has 0 aliphatic heterocycles. The Morgan fingerprint density at radius 1 is 1.37 bits per heavy atom. The molecule has 0 aliphatic rings. The van der Waals surface area contributed by atoms with Crippen LogP contribution in [0.2, 0.25) is 0 Å². The molecule has 5 nitrogen and oxygen atoms in total. The van der Waals surface area contributed by atoms with Crippen LogP contribution in [0.15, 0.2) is 17.2 Å². The maximum Gasteiger partial charge on any atom is 0.122 e. The Morgan fingerprint density at radius 2 is 2.11 bits per heavy atom. The molecule has 0 aromatic heterocycles. The van der Waals surface area contributed by atoms with Crippen molar-refractivity contribution in [2.45, 2.75) is 39.7 Å². The van der Waals surface area contributed by atoms with Gasteiger partial charge in [0.05, 0.1) is 12.7 Å². The van der Waals surface area contributed by atoms with Crippen LogP contribution in [0.4, 0.5) is 0 Å². The van der Waals surface area contributed by atoms with E-state index in [0.717, 1.165) is 22.4 Å². The molecule has 5 heteroatoms. The second kappa shape index (κ2) is 7.67. The number of aliphatic hydroxyl groups excluding tert-OH is 1. The Kier molecular flexibility index (Phi) is 6.19. The van der Waals surface area contributed by atoms with E-state index in [2.05, 4.69) is 10.0 Å². The van der Waals surface area contributed by atoms with Gasteiger partial charge in [0, 0.05) is 11.5 Å². The standard InChI is InChI=1S/C14H21N3O2/c1-4-19-14-9-10(2)12(8-11(14)3)13(18)6-5-7-16-17-15/h8-9,13,18H,4-7H2,1-3H3. The van der Waals surface area contributed by atoms with E-state index in [1.54, 1.807) is 0 Å². The van der Waals surface area contributed by atoms with Crippen molar-refractivity contribution in [1.82, 2.24) is 0 Å². The van der Waals surface area contributed by atoms with E-state index in [9.17, 15) is 5.11 Å². The summed E-state index contributed by atoms with van der Waals surface area (Å²) in [6.45, 7) is 6.94. The van der Waals surface area contributed by atoms with Gasteiger partial charge in [0.1, 0.15) is 5.75 Å². The summed E-state index contributed by atoms with van der Waals surface area (Å²) in [6.07, 6.45) is 0.743. The number of rotatable bonds is 7. The third kappa shape index (κ3) is 4.47. The van der Waals surface area contributed by atoms with Crippen LogP contribution in [-0.4, -0.2) is 18.3 Å². The number of hydrogen-bond acceptors (Lipinski definition) is 3. The number of hydrogen-bond donors (Lipinski definition) is 1. The minimum absolute atomic E-state index is 0.419. The fourth-order valence-corrected chi connectivity index (χ4v) is 2.04. The normalized spacial score (nSPS) is 11.8. The van der Waals surface area contributed by atoms with Crippen LogP contribution < -0.4 is 4.74 Å². The summed E-state index contributed by atoms with van der Waals surface area (Å²) in [7, 11) is 0. The van der Waals surface area contributed by atoms with E-state index in [0.29, 0.717) is 26.0 Å². The molecule has 1 aromatic rings. The largest absolute Gasteiger partial charge is 0.494 e. The van der Waals surface area contributed by atoms with Crippen molar-refractivity contribution in [3.63, 3.8) is 0 Å². The van der Waals surface area contributed by atoms with Crippen molar-refractivity contribution in [3.8, 4) is 5.75 Å². The Bertz CT molecular complexity index is 468. The number of aryl methyl sites for hydroxylation is 2. The Hall–Kier alpha value is -1.71. The first-order valence-corrected chi connectivity index (χ1v) is 6.53. The zero-order valence-corrected chi connectivity index (χ0v) is 11.8. The summed E-state index contributed by atoms with van der Waals surface area (Å²) >= 11 is 0. The van der Waals surface area contributed by atoms with Gasteiger partial charge in [-0.1, -0.05) is 5.11 Å². The van der Waals surface area contributed by atoms with Gasteiger partial charge in [-0.25, -0.2) is 0 Å². The Morgan fingerprint density at radius 3 is 2.74 bits per heavy atom. The van der Waals surface area contributed by atoms with Crippen molar-refractivity contribution in [3.05, 3.63) is 39.3 Å². The molecule has 0 amide bonds. The van der Waals surface area contributed by atoms with Gasteiger partial charge in [0.15, 0.2) is 0 Å². The fourth-order valence-electron chi connectivity index (χ4n) is 2.04. The van der Waals surface area contributed by atoms with Crippen LogP contribution in [0.3, 0.4) is 0 Å².